The number of amides is 1. The van der Waals surface area contributed by atoms with Crippen molar-refractivity contribution in [1.82, 2.24) is 4.98 Å². The molecule has 0 spiro atoms. The number of carbonyl (C=O) groups is 1. The summed E-state index contributed by atoms with van der Waals surface area (Å²) in [5.74, 6) is 1.02. The second kappa shape index (κ2) is 10.2. The van der Waals surface area contributed by atoms with Crippen LogP contribution in [0.15, 0.2) is 48.8 Å². The van der Waals surface area contributed by atoms with Crippen LogP contribution in [0.25, 0.3) is 0 Å². The maximum absolute atomic E-state index is 12.3. The van der Waals surface area contributed by atoms with Crippen LogP contribution in [0.4, 0.5) is 5.69 Å². The van der Waals surface area contributed by atoms with E-state index in [4.69, 9.17) is 15.2 Å². The van der Waals surface area contributed by atoms with E-state index in [1.54, 1.807) is 18.5 Å². The van der Waals surface area contributed by atoms with E-state index in [0.717, 1.165) is 6.42 Å². The summed E-state index contributed by atoms with van der Waals surface area (Å²) in [6, 6.07) is 11.1. The van der Waals surface area contributed by atoms with Gasteiger partial charge < -0.3 is 20.5 Å². The van der Waals surface area contributed by atoms with Gasteiger partial charge in [-0.15, -0.1) is 24.8 Å². The van der Waals surface area contributed by atoms with E-state index >= 15 is 0 Å². The van der Waals surface area contributed by atoms with Gasteiger partial charge in [-0.1, -0.05) is 18.2 Å². The molecule has 2 aromatic rings. The van der Waals surface area contributed by atoms with Gasteiger partial charge in [0.05, 0.1) is 12.3 Å². The van der Waals surface area contributed by atoms with Gasteiger partial charge in [-0.3, -0.25) is 9.78 Å². The number of rotatable bonds is 5. The molecule has 1 saturated heterocycles. The lowest BCUT2D eigenvalue weighted by Gasteiger charge is -2.15. The van der Waals surface area contributed by atoms with Crippen LogP contribution >= 0.6 is 24.8 Å². The minimum Gasteiger partial charge on any atom is -0.455 e. The smallest absolute Gasteiger partial charge is 0.253 e. The Labute approximate surface area is 158 Å². The molecule has 0 saturated carbocycles. The molecular weight excluding hydrogens is 365 g/mol. The molecule has 0 aliphatic carbocycles. The molecule has 25 heavy (non-hydrogen) atoms. The number of anilines is 1. The van der Waals surface area contributed by atoms with Gasteiger partial charge in [0.2, 0.25) is 0 Å². The van der Waals surface area contributed by atoms with Crippen molar-refractivity contribution in [2.45, 2.75) is 25.0 Å². The Hall–Kier alpha value is -1.86. The Morgan fingerprint density at radius 1 is 1.24 bits per heavy atom. The number of halogens is 2. The average molecular weight is 386 g/mol. The Kier molecular flexibility index (Phi) is 8.65. The first kappa shape index (κ1) is 21.2. The summed E-state index contributed by atoms with van der Waals surface area (Å²) < 4.78 is 11.4. The summed E-state index contributed by atoms with van der Waals surface area (Å²) in [6.07, 6.45) is 4.13. The van der Waals surface area contributed by atoms with Crippen LogP contribution in [0, 0.1) is 0 Å². The number of benzene rings is 1. The Morgan fingerprint density at radius 2 is 2.00 bits per heavy atom. The lowest BCUT2D eigenvalue weighted by molar-refractivity contribution is -0.126. The highest BCUT2D eigenvalue weighted by Gasteiger charge is 2.30. The van der Waals surface area contributed by atoms with Crippen molar-refractivity contribution in [3.8, 4) is 11.5 Å². The molecule has 0 bridgehead atoms. The van der Waals surface area contributed by atoms with E-state index in [1.165, 1.54) is 0 Å². The van der Waals surface area contributed by atoms with Crippen LogP contribution < -0.4 is 15.8 Å². The molecule has 2 atom stereocenters. The van der Waals surface area contributed by atoms with Crippen molar-refractivity contribution in [3.05, 3.63) is 48.8 Å². The lowest BCUT2D eigenvalue weighted by atomic mass is 10.2. The van der Waals surface area contributed by atoms with Crippen LogP contribution in [0.1, 0.15) is 12.8 Å². The zero-order chi connectivity index (χ0) is 16.1. The van der Waals surface area contributed by atoms with E-state index in [-0.39, 0.29) is 36.8 Å². The lowest BCUT2D eigenvalue weighted by Crippen LogP contribution is -2.29. The van der Waals surface area contributed by atoms with E-state index in [9.17, 15) is 4.79 Å². The predicted octanol–water partition coefficient (Wildman–Crippen LogP) is 3.16. The molecule has 2 heterocycles. The largest absolute Gasteiger partial charge is 0.455 e. The van der Waals surface area contributed by atoms with Crippen molar-refractivity contribution in [2.75, 3.05) is 11.9 Å². The van der Waals surface area contributed by atoms with Gasteiger partial charge in [0.15, 0.2) is 5.75 Å². The second-order valence-electron chi connectivity index (χ2n) is 5.34. The fourth-order valence-electron chi connectivity index (χ4n) is 2.47. The van der Waals surface area contributed by atoms with Crippen LogP contribution in [0.3, 0.4) is 0 Å². The normalized spacial score (nSPS) is 18.6. The molecule has 1 aromatic heterocycles. The Balaban J connectivity index is 0.00000156. The molecule has 6 nitrogen and oxygen atoms in total. The third-order valence-corrected chi connectivity index (χ3v) is 3.67. The quantitative estimate of drug-likeness (QED) is 0.825. The first-order valence-electron chi connectivity index (χ1n) is 7.59. The number of hydrogen-bond acceptors (Lipinski definition) is 5. The summed E-state index contributed by atoms with van der Waals surface area (Å²) in [4.78, 5) is 16.4. The summed E-state index contributed by atoms with van der Waals surface area (Å²) in [6.45, 7) is 0.430. The van der Waals surface area contributed by atoms with Crippen LogP contribution in [-0.2, 0) is 9.53 Å². The molecule has 0 unspecified atom stereocenters. The molecule has 8 heteroatoms. The van der Waals surface area contributed by atoms with Gasteiger partial charge in [0.1, 0.15) is 17.5 Å². The summed E-state index contributed by atoms with van der Waals surface area (Å²) in [5, 5.41) is 2.83. The van der Waals surface area contributed by atoms with Crippen LogP contribution in [0.5, 0.6) is 11.5 Å². The first-order valence-corrected chi connectivity index (χ1v) is 7.59. The number of nitrogens with two attached hydrogens (primary N) is 1. The van der Waals surface area contributed by atoms with Crippen molar-refractivity contribution in [1.29, 1.82) is 0 Å². The number of hydrogen-bond donors (Lipinski definition) is 2. The molecule has 1 aliphatic heterocycles. The summed E-state index contributed by atoms with van der Waals surface area (Å²) in [7, 11) is 0. The SMILES string of the molecule is Cl.Cl.NC[C@H]1CC[C@@H](C(=O)Nc2cnccc2Oc2ccccc2)O1. The molecule has 3 rings (SSSR count). The molecule has 1 amide bonds. The third kappa shape index (κ3) is 5.57. The second-order valence-corrected chi connectivity index (χ2v) is 5.34. The van der Waals surface area contributed by atoms with Crippen molar-refractivity contribution >= 4 is 36.4 Å². The first-order chi connectivity index (χ1) is 11.3. The molecule has 3 N–H and O–H groups in total. The van der Waals surface area contributed by atoms with Gasteiger partial charge in [-0.25, -0.2) is 0 Å². The number of para-hydroxylation sites is 1. The average Bonchev–Trinajstić information content (AvgIpc) is 3.07. The fraction of sp³-hybridized carbons (Fsp3) is 0.294. The third-order valence-electron chi connectivity index (χ3n) is 3.67. The van der Waals surface area contributed by atoms with E-state index < -0.39 is 6.10 Å². The highest BCUT2D eigenvalue weighted by molar-refractivity contribution is 5.95. The number of carbonyl (C=O) groups excluding carboxylic acids is 1. The summed E-state index contributed by atoms with van der Waals surface area (Å²) in [5.41, 5.74) is 6.09. The number of nitrogens with zero attached hydrogens (tertiary/aromatic N) is 1. The molecule has 0 radical (unpaired) electrons. The van der Waals surface area contributed by atoms with Gasteiger partial charge >= 0.3 is 0 Å². The molecule has 136 valence electrons. The van der Waals surface area contributed by atoms with Crippen molar-refractivity contribution < 1.29 is 14.3 Å². The highest BCUT2D eigenvalue weighted by Crippen LogP contribution is 2.29. The molecule has 1 aliphatic rings. The maximum Gasteiger partial charge on any atom is 0.253 e. The minimum atomic E-state index is -0.478. The number of pyridine rings is 1. The van der Waals surface area contributed by atoms with Gasteiger partial charge in [0.25, 0.3) is 5.91 Å². The Morgan fingerprint density at radius 3 is 2.68 bits per heavy atom. The van der Waals surface area contributed by atoms with Crippen LogP contribution in [0.2, 0.25) is 0 Å². The van der Waals surface area contributed by atoms with Gasteiger partial charge in [-0.2, -0.15) is 0 Å². The highest BCUT2D eigenvalue weighted by atomic mass is 35.5. The van der Waals surface area contributed by atoms with Gasteiger partial charge in [-0.05, 0) is 25.0 Å². The number of aromatic nitrogens is 1. The topological polar surface area (TPSA) is 86.5 Å². The Bertz CT molecular complexity index is 673. The zero-order valence-corrected chi connectivity index (χ0v) is 15.1. The van der Waals surface area contributed by atoms with Crippen LogP contribution in [-0.4, -0.2) is 29.6 Å². The van der Waals surface area contributed by atoms with E-state index in [1.807, 2.05) is 30.3 Å². The molecule has 1 aromatic carbocycles. The monoisotopic (exact) mass is 385 g/mol. The van der Waals surface area contributed by atoms with Gasteiger partial charge in [0, 0.05) is 18.8 Å². The number of nitrogens with one attached hydrogen (secondary N) is 1. The van der Waals surface area contributed by atoms with E-state index in [0.29, 0.717) is 30.2 Å². The fourth-order valence-corrected chi connectivity index (χ4v) is 2.47. The predicted molar refractivity (Wildman–Crippen MR) is 101 cm³/mol. The maximum atomic E-state index is 12.3. The van der Waals surface area contributed by atoms with Crippen molar-refractivity contribution in [3.63, 3.8) is 0 Å². The minimum absolute atomic E-state index is 0. The molecular formula is C17H21Cl2N3O3. The summed E-state index contributed by atoms with van der Waals surface area (Å²) >= 11 is 0. The zero-order valence-electron chi connectivity index (χ0n) is 13.5. The standard InChI is InChI=1S/C17H19N3O3.2ClH/c18-10-13-6-7-16(23-13)17(21)20-14-11-19-9-8-15(14)22-12-4-2-1-3-5-12;;/h1-5,8-9,11,13,16H,6-7,10,18H2,(H,20,21);2*1H/t13-,16+;;/m1../s1. The van der Waals surface area contributed by atoms with Crippen molar-refractivity contribution in [2.24, 2.45) is 5.73 Å². The molecule has 1 fully saturated rings. The van der Waals surface area contributed by atoms with E-state index in [2.05, 4.69) is 10.3 Å². The number of ether oxygens (including phenoxy) is 2.